The van der Waals surface area contributed by atoms with Crippen molar-refractivity contribution in [2.45, 2.75) is 25.7 Å². The summed E-state index contributed by atoms with van der Waals surface area (Å²) in [5.41, 5.74) is 1.58. The van der Waals surface area contributed by atoms with E-state index in [1.165, 1.54) is 6.42 Å². The first-order valence-electron chi connectivity index (χ1n) is 7.84. The highest BCUT2D eigenvalue weighted by molar-refractivity contribution is 6.22. The second-order valence-electron chi connectivity index (χ2n) is 5.45. The van der Waals surface area contributed by atoms with Gasteiger partial charge in [0.15, 0.2) is 0 Å². The van der Waals surface area contributed by atoms with Crippen LogP contribution in [0, 0.1) is 0 Å². The summed E-state index contributed by atoms with van der Waals surface area (Å²) in [6.45, 7) is 0.806. The maximum Gasteiger partial charge on any atom is 0.263 e. The number of carbonyl (C=O) groups excluding carboxylic acids is 1. The molecule has 1 heterocycles. The van der Waals surface area contributed by atoms with E-state index >= 15 is 0 Å². The normalized spacial score (nSPS) is 14.8. The molecule has 0 aliphatic carbocycles. The van der Waals surface area contributed by atoms with E-state index in [4.69, 9.17) is 0 Å². The van der Waals surface area contributed by atoms with Gasteiger partial charge in [-0.25, -0.2) is 0 Å². The highest BCUT2D eigenvalue weighted by Crippen LogP contribution is 2.21. The molecule has 112 valence electrons. The average molecular weight is 292 g/mol. The number of nitrogens with zero attached hydrogens (tertiary/aromatic N) is 2. The molecule has 1 aliphatic rings. The van der Waals surface area contributed by atoms with E-state index in [0.29, 0.717) is 5.56 Å². The van der Waals surface area contributed by atoms with Gasteiger partial charge in [0.25, 0.3) is 5.91 Å². The number of hydrogen-bond donors (Lipinski definition) is 0. The molecular weight excluding hydrogens is 272 g/mol. The predicted octanol–water partition coefficient (Wildman–Crippen LogP) is 4.31. The summed E-state index contributed by atoms with van der Waals surface area (Å²) in [5, 5.41) is 0. The van der Waals surface area contributed by atoms with Gasteiger partial charge in [0, 0.05) is 18.5 Å². The van der Waals surface area contributed by atoms with Gasteiger partial charge in [0.2, 0.25) is 0 Å². The lowest BCUT2D eigenvalue weighted by atomic mass is 10.1. The second-order valence-corrected chi connectivity index (χ2v) is 5.45. The molecule has 2 aromatic carbocycles. The monoisotopic (exact) mass is 292 g/mol. The van der Waals surface area contributed by atoms with Crippen LogP contribution in [0.4, 0.5) is 5.69 Å². The molecule has 3 heteroatoms. The number of carbonyl (C=O) groups is 1. The summed E-state index contributed by atoms with van der Waals surface area (Å²) in [4.78, 5) is 19.4. The van der Waals surface area contributed by atoms with Crippen LogP contribution < -0.4 is 4.90 Å². The first kappa shape index (κ1) is 14.5. The maximum atomic E-state index is 13.0. The summed E-state index contributed by atoms with van der Waals surface area (Å²) in [6, 6.07) is 19.2. The predicted molar refractivity (Wildman–Crippen MR) is 90.5 cm³/mol. The Morgan fingerprint density at radius 2 is 1.55 bits per heavy atom. The van der Waals surface area contributed by atoms with Crippen LogP contribution in [-0.4, -0.2) is 18.3 Å². The molecule has 2 aromatic rings. The molecular formula is C19H20N2O. The zero-order chi connectivity index (χ0) is 15.2. The molecule has 0 saturated heterocycles. The minimum Gasteiger partial charge on any atom is -0.272 e. The van der Waals surface area contributed by atoms with Crippen LogP contribution in [0.1, 0.15) is 36.0 Å². The molecule has 0 bridgehead atoms. The van der Waals surface area contributed by atoms with Crippen molar-refractivity contribution in [1.29, 1.82) is 0 Å². The molecule has 0 N–H and O–H groups in total. The smallest absolute Gasteiger partial charge is 0.263 e. The molecule has 0 radical (unpaired) electrons. The van der Waals surface area contributed by atoms with Crippen molar-refractivity contribution < 1.29 is 4.79 Å². The summed E-state index contributed by atoms with van der Waals surface area (Å²) in [5.74, 6) is 0.880. The van der Waals surface area contributed by atoms with Crippen LogP contribution in [0.5, 0.6) is 0 Å². The van der Waals surface area contributed by atoms with Crippen molar-refractivity contribution in [3.05, 3.63) is 66.2 Å². The molecule has 0 spiro atoms. The third kappa shape index (κ3) is 3.25. The van der Waals surface area contributed by atoms with Gasteiger partial charge in [-0.3, -0.25) is 14.7 Å². The van der Waals surface area contributed by atoms with Crippen LogP contribution in [0.25, 0.3) is 0 Å². The van der Waals surface area contributed by atoms with E-state index in [9.17, 15) is 4.79 Å². The van der Waals surface area contributed by atoms with Crippen LogP contribution in [-0.2, 0) is 0 Å². The van der Waals surface area contributed by atoms with Gasteiger partial charge in [0.05, 0.1) is 5.69 Å². The Morgan fingerprint density at radius 3 is 2.27 bits per heavy atom. The fourth-order valence-electron chi connectivity index (χ4n) is 2.71. The van der Waals surface area contributed by atoms with Gasteiger partial charge < -0.3 is 0 Å². The Hall–Kier alpha value is -2.42. The summed E-state index contributed by atoms with van der Waals surface area (Å²) < 4.78 is 0. The minimum atomic E-state index is -0.00699. The summed E-state index contributed by atoms with van der Waals surface area (Å²) in [6.07, 6.45) is 4.22. The topological polar surface area (TPSA) is 32.7 Å². The van der Waals surface area contributed by atoms with Crippen LogP contribution in [0.3, 0.4) is 0 Å². The fourth-order valence-corrected chi connectivity index (χ4v) is 2.71. The number of aliphatic imine (C=N–C) groups is 1. The Labute approximate surface area is 131 Å². The molecule has 3 rings (SSSR count). The Morgan fingerprint density at radius 1 is 0.864 bits per heavy atom. The van der Waals surface area contributed by atoms with E-state index in [-0.39, 0.29) is 5.91 Å². The lowest BCUT2D eigenvalue weighted by Gasteiger charge is -2.24. The minimum absolute atomic E-state index is 0.00699. The number of anilines is 1. The number of hydrogen-bond acceptors (Lipinski definition) is 2. The lowest BCUT2D eigenvalue weighted by molar-refractivity contribution is 0.100. The second kappa shape index (κ2) is 7.03. The van der Waals surface area contributed by atoms with Gasteiger partial charge in [-0.05, 0) is 37.1 Å². The first-order valence-corrected chi connectivity index (χ1v) is 7.84. The molecule has 3 nitrogen and oxygen atoms in total. The Kier molecular flexibility index (Phi) is 4.64. The summed E-state index contributed by atoms with van der Waals surface area (Å²) >= 11 is 0. The number of rotatable bonds is 2. The first-order chi connectivity index (χ1) is 10.9. The van der Waals surface area contributed by atoms with Crippen molar-refractivity contribution in [2.75, 3.05) is 11.4 Å². The number of amides is 1. The molecule has 0 aromatic heterocycles. The molecule has 1 aliphatic heterocycles. The van der Waals surface area contributed by atoms with Gasteiger partial charge in [-0.2, -0.15) is 0 Å². The number of para-hydroxylation sites is 1. The van der Waals surface area contributed by atoms with Crippen molar-refractivity contribution in [2.24, 2.45) is 4.99 Å². The number of benzene rings is 2. The van der Waals surface area contributed by atoms with E-state index < -0.39 is 0 Å². The molecule has 1 amide bonds. The van der Waals surface area contributed by atoms with Gasteiger partial charge >= 0.3 is 0 Å². The van der Waals surface area contributed by atoms with E-state index in [2.05, 4.69) is 4.99 Å². The standard InChI is InChI=1S/C19H20N2O/c22-19(16-10-4-1-5-11-16)21(17-12-6-2-7-13-17)18-14-8-3-9-15-20-18/h1-2,4-7,10-13H,3,8-9,14-15H2. The summed E-state index contributed by atoms with van der Waals surface area (Å²) in [7, 11) is 0. The fraction of sp³-hybridized carbons (Fsp3) is 0.263. The van der Waals surface area contributed by atoms with E-state index in [0.717, 1.165) is 37.3 Å². The van der Waals surface area contributed by atoms with Crippen LogP contribution in [0.2, 0.25) is 0 Å². The SMILES string of the molecule is O=C(c1ccccc1)N(C1=NCCCCC1)c1ccccc1. The zero-order valence-corrected chi connectivity index (χ0v) is 12.6. The van der Waals surface area contributed by atoms with E-state index in [1.807, 2.05) is 60.7 Å². The van der Waals surface area contributed by atoms with Crippen LogP contribution in [0.15, 0.2) is 65.7 Å². The van der Waals surface area contributed by atoms with Gasteiger partial charge in [-0.1, -0.05) is 42.8 Å². The molecule has 0 atom stereocenters. The Balaban J connectivity index is 1.99. The number of amidine groups is 1. The molecule has 0 fully saturated rings. The van der Waals surface area contributed by atoms with Crippen molar-refractivity contribution in [3.8, 4) is 0 Å². The molecule has 22 heavy (non-hydrogen) atoms. The highest BCUT2D eigenvalue weighted by atomic mass is 16.2. The van der Waals surface area contributed by atoms with Crippen molar-refractivity contribution >= 4 is 17.4 Å². The highest BCUT2D eigenvalue weighted by Gasteiger charge is 2.23. The zero-order valence-electron chi connectivity index (χ0n) is 12.6. The Bertz CT molecular complexity index is 650. The van der Waals surface area contributed by atoms with E-state index in [1.54, 1.807) is 4.90 Å². The molecule has 0 unspecified atom stereocenters. The van der Waals surface area contributed by atoms with Crippen molar-refractivity contribution in [1.82, 2.24) is 0 Å². The molecule has 0 saturated carbocycles. The largest absolute Gasteiger partial charge is 0.272 e. The quantitative estimate of drug-likeness (QED) is 0.812. The average Bonchev–Trinajstić information content (AvgIpc) is 2.86. The third-order valence-corrected chi connectivity index (χ3v) is 3.85. The van der Waals surface area contributed by atoms with Crippen molar-refractivity contribution in [3.63, 3.8) is 0 Å². The lowest BCUT2D eigenvalue weighted by Crippen LogP contribution is -2.37. The maximum absolute atomic E-state index is 13.0. The van der Waals surface area contributed by atoms with Gasteiger partial charge in [-0.15, -0.1) is 0 Å². The van der Waals surface area contributed by atoms with Gasteiger partial charge in [0.1, 0.15) is 5.84 Å². The third-order valence-electron chi connectivity index (χ3n) is 3.85. The van der Waals surface area contributed by atoms with Crippen LogP contribution >= 0.6 is 0 Å².